The monoisotopic (exact) mass is 408 g/mol. The van der Waals surface area contributed by atoms with Crippen molar-refractivity contribution >= 4 is 13.9 Å². The molecule has 0 saturated carbocycles. The second-order valence-corrected chi connectivity index (χ2v) is 9.42. The predicted octanol–water partition coefficient (Wildman–Crippen LogP) is 7.04. The van der Waals surface area contributed by atoms with Crippen molar-refractivity contribution in [3.63, 3.8) is 0 Å². The molecule has 0 radical (unpaired) electrons. The van der Waals surface area contributed by atoms with Crippen molar-refractivity contribution in [1.82, 2.24) is 0 Å². The molecule has 0 bridgehead atoms. The summed E-state index contributed by atoms with van der Waals surface area (Å²) in [6.07, 6.45) is 1.86. The molecule has 1 nitrogen and oxygen atoms in total. The molecule has 0 aliphatic heterocycles. The van der Waals surface area contributed by atoms with E-state index < -0.39 is 0 Å². The summed E-state index contributed by atoms with van der Waals surface area (Å²) in [7, 11) is 0.347. The molecular weight excluding hydrogens is 378 g/mol. The van der Waals surface area contributed by atoms with Gasteiger partial charge in [0, 0.05) is 16.0 Å². The number of aryl methyl sites for hydroxylation is 2. The van der Waals surface area contributed by atoms with E-state index in [4.69, 9.17) is 4.74 Å². The van der Waals surface area contributed by atoms with Gasteiger partial charge in [0.25, 0.3) is 0 Å². The third-order valence-electron chi connectivity index (χ3n) is 5.59. The Labute approximate surface area is 176 Å². The molecule has 3 aromatic carbocycles. The number of rotatable bonds is 8. The van der Waals surface area contributed by atoms with Gasteiger partial charge in [0.2, 0.25) is 0 Å². The Morgan fingerprint density at radius 2 is 1.52 bits per heavy atom. The Morgan fingerprint density at radius 1 is 0.862 bits per heavy atom. The first kappa shape index (κ1) is 21.5. The van der Waals surface area contributed by atoms with Crippen molar-refractivity contribution in [2.45, 2.75) is 52.3 Å². The number of benzene rings is 3. The Kier molecular flexibility index (Phi) is 7.09. The second-order valence-electron chi connectivity index (χ2n) is 7.67. The van der Waals surface area contributed by atoms with Gasteiger partial charge in [-0.1, -0.05) is 82.6 Å². The van der Waals surface area contributed by atoms with Crippen molar-refractivity contribution in [1.29, 1.82) is 0 Å². The number of hydrogen-bond acceptors (Lipinski definition) is 1. The largest absolute Gasteiger partial charge is 0.489 e. The average Bonchev–Trinajstić information content (AvgIpc) is 2.73. The first-order valence-electron chi connectivity index (χ1n) is 10.3. The van der Waals surface area contributed by atoms with E-state index in [1.54, 1.807) is 6.07 Å². The Bertz CT molecular complexity index is 948. The summed E-state index contributed by atoms with van der Waals surface area (Å²) in [5.74, 6) is 0.803. The van der Waals surface area contributed by atoms with Crippen LogP contribution < -0.4 is 10.0 Å². The molecule has 0 aliphatic rings. The van der Waals surface area contributed by atoms with Crippen LogP contribution in [0.3, 0.4) is 0 Å². The predicted molar refractivity (Wildman–Crippen MR) is 123 cm³/mol. The number of halogens is 1. The van der Waals surface area contributed by atoms with Crippen LogP contribution in [0.4, 0.5) is 4.39 Å². The van der Waals surface area contributed by atoms with Crippen LogP contribution in [0.5, 0.6) is 5.75 Å². The van der Waals surface area contributed by atoms with Gasteiger partial charge in [-0.05, 0) is 49.9 Å². The van der Waals surface area contributed by atoms with Gasteiger partial charge in [0.1, 0.15) is 18.2 Å². The summed E-state index contributed by atoms with van der Waals surface area (Å²) in [6, 6.07) is 22.2. The lowest BCUT2D eigenvalue weighted by Gasteiger charge is -2.34. The van der Waals surface area contributed by atoms with E-state index in [-0.39, 0.29) is 11.0 Å². The molecule has 3 heteroatoms. The van der Waals surface area contributed by atoms with E-state index in [1.807, 2.05) is 37.3 Å². The van der Waals surface area contributed by atoms with Crippen LogP contribution in [0.1, 0.15) is 48.9 Å². The molecule has 0 N–H and O–H groups in total. The van der Waals surface area contributed by atoms with Crippen LogP contribution >= 0.6 is 8.58 Å². The molecule has 3 rings (SSSR count). The molecule has 0 aliphatic carbocycles. The summed E-state index contributed by atoms with van der Waals surface area (Å²) in [5.41, 5.74) is 4.49. The molecule has 0 amide bonds. The van der Waals surface area contributed by atoms with Crippen molar-refractivity contribution in [2.75, 3.05) is 0 Å². The summed E-state index contributed by atoms with van der Waals surface area (Å²) >= 11 is 0. The van der Waals surface area contributed by atoms with Crippen molar-refractivity contribution in [3.05, 3.63) is 94.8 Å². The molecule has 0 heterocycles. The van der Waals surface area contributed by atoms with Gasteiger partial charge < -0.3 is 4.74 Å². The van der Waals surface area contributed by atoms with Gasteiger partial charge in [-0.15, -0.1) is 0 Å². The van der Waals surface area contributed by atoms with E-state index >= 15 is 0 Å². The molecule has 152 valence electrons. The molecule has 0 spiro atoms. The topological polar surface area (TPSA) is 9.23 Å². The summed E-state index contributed by atoms with van der Waals surface area (Å²) in [5, 5.41) is 0.656. The number of hydrogen-bond donors (Lipinski definition) is 0. The highest BCUT2D eigenvalue weighted by molar-refractivity contribution is 7.48. The standard InChI is InChI=1S/C26H30FOP/c1-5-26(6-2,29-25-15-13-20(4)17-23(25)27)22-16-19(3)12-14-24(22)28-18-21-10-8-7-9-11-21/h7-17,29H,5-6,18H2,1-4H3. The fourth-order valence-corrected chi connectivity index (χ4v) is 5.29. The third-order valence-corrected chi connectivity index (χ3v) is 7.72. The molecule has 0 fully saturated rings. The lowest BCUT2D eigenvalue weighted by molar-refractivity contribution is 0.298. The van der Waals surface area contributed by atoms with E-state index in [0.29, 0.717) is 15.2 Å². The zero-order valence-corrected chi connectivity index (χ0v) is 18.8. The lowest BCUT2D eigenvalue weighted by atomic mass is 9.90. The van der Waals surface area contributed by atoms with Crippen LogP contribution in [0.2, 0.25) is 0 Å². The maximum absolute atomic E-state index is 14.7. The molecule has 29 heavy (non-hydrogen) atoms. The van der Waals surface area contributed by atoms with Crippen LogP contribution in [0.25, 0.3) is 0 Å². The highest BCUT2D eigenvalue weighted by Gasteiger charge is 2.33. The fourth-order valence-electron chi connectivity index (χ4n) is 3.73. The third kappa shape index (κ3) is 5.06. The lowest BCUT2D eigenvalue weighted by Crippen LogP contribution is -2.24. The van der Waals surface area contributed by atoms with E-state index in [1.165, 1.54) is 11.1 Å². The second kappa shape index (κ2) is 9.55. The van der Waals surface area contributed by atoms with Crippen molar-refractivity contribution in [3.8, 4) is 5.75 Å². The van der Waals surface area contributed by atoms with Gasteiger partial charge in [-0.3, -0.25) is 0 Å². The Balaban J connectivity index is 1.98. The van der Waals surface area contributed by atoms with Gasteiger partial charge >= 0.3 is 0 Å². The maximum Gasteiger partial charge on any atom is 0.130 e. The Hall–Kier alpha value is -2.18. The Morgan fingerprint density at radius 3 is 2.17 bits per heavy atom. The first-order valence-corrected chi connectivity index (χ1v) is 11.3. The summed E-state index contributed by atoms with van der Waals surface area (Å²) < 4.78 is 21.0. The molecule has 1 unspecified atom stereocenters. The van der Waals surface area contributed by atoms with Crippen LogP contribution in [0, 0.1) is 19.7 Å². The van der Waals surface area contributed by atoms with Gasteiger partial charge in [0.05, 0.1) is 0 Å². The molecule has 1 atom stereocenters. The van der Waals surface area contributed by atoms with Gasteiger partial charge in [-0.25, -0.2) is 4.39 Å². The van der Waals surface area contributed by atoms with E-state index in [2.05, 4.69) is 51.1 Å². The average molecular weight is 408 g/mol. The molecule has 3 aromatic rings. The smallest absolute Gasteiger partial charge is 0.130 e. The minimum absolute atomic E-state index is 0.103. The van der Waals surface area contributed by atoms with E-state index in [0.717, 1.165) is 35.0 Å². The minimum atomic E-state index is -0.145. The van der Waals surface area contributed by atoms with Crippen molar-refractivity contribution < 1.29 is 9.13 Å². The highest BCUT2D eigenvalue weighted by Crippen LogP contribution is 2.50. The fraction of sp³-hybridized carbons (Fsp3) is 0.308. The quantitative estimate of drug-likeness (QED) is 0.363. The van der Waals surface area contributed by atoms with E-state index in [9.17, 15) is 4.39 Å². The van der Waals surface area contributed by atoms with Crippen molar-refractivity contribution in [2.24, 2.45) is 0 Å². The molecular formula is C26H30FOP. The SMILES string of the molecule is CCC(CC)(Pc1ccc(C)cc1F)c1cc(C)ccc1OCc1ccccc1. The first-order chi connectivity index (χ1) is 14.0. The zero-order valence-electron chi connectivity index (χ0n) is 17.8. The minimum Gasteiger partial charge on any atom is -0.489 e. The highest BCUT2D eigenvalue weighted by atomic mass is 31.1. The zero-order chi connectivity index (χ0) is 20.9. The van der Waals surface area contributed by atoms with Gasteiger partial charge in [-0.2, -0.15) is 0 Å². The summed E-state index contributed by atoms with van der Waals surface area (Å²) in [4.78, 5) is 0. The summed E-state index contributed by atoms with van der Waals surface area (Å²) in [6.45, 7) is 8.97. The van der Waals surface area contributed by atoms with Crippen LogP contribution in [0.15, 0.2) is 66.7 Å². The molecule has 0 aromatic heterocycles. The maximum atomic E-state index is 14.7. The van der Waals surface area contributed by atoms with Crippen LogP contribution in [-0.4, -0.2) is 0 Å². The number of ether oxygens (including phenoxy) is 1. The van der Waals surface area contributed by atoms with Crippen LogP contribution in [-0.2, 0) is 11.8 Å². The normalized spacial score (nSPS) is 11.9. The molecule has 0 saturated heterocycles. The van der Waals surface area contributed by atoms with Gasteiger partial charge in [0.15, 0.2) is 0 Å².